The minimum absolute atomic E-state index is 0.0535. The summed E-state index contributed by atoms with van der Waals surface area (Å²) < 4.78 is 0. The van der Waals surface area contributed by atoms with Crippen LogP contribution in [0.15, 0.2) is 173 Å². The van der Waals surface area contributed by atoms with Crippen LogP contribution >= 0.6 is 0 Å². The highest BCUT2D eigenvalue weighted by molar-refractivity contribution is 5.87. The van der Waals surface area contributed by atoms with Crippen LogP contribution in [0.5, 0.6) is 0 Å². The summed E-state index contributed by atoms with van der Waals surface area (Å²) in [5, 5.41) is 0. The summed E-state index contributed by atoms with van der Waals surface area (Å²) in [6.45, 7) is 0. The smallest absolute Gasteiger partial charge is 0.0431 e. The van der Waals surface area contributed by atoms with Crippen molar-refractivity contribution in [1.82, 2.24) is 0 Å². The van der Waals surface area contributed by atoms with Crippen molar-refractivity contribution >= 4 is 6.08 Å². The van der Waals surface area contributed by atoms with Gasteiger partial charge in [0.1, 0.15) is 0 Å². The van der Waals surface area contributed by atoms with Gasteiger partial charge in [0.05, 0.1) is 0 Å². The third kappa shape index (κ3) is 2.47. The lowest BCUT2D eigenvalue weighted by Gasteiger charge is -2.46. The Balaban J connectivity index is 1.22. The quantitative estimate of drug-likeness (QED) is 0.246. The number of fused-ring (bicyclic) bond motifs is 17. The van der Waals surface area contributed by atoms with Gasteiger partial charge in [0.15, 0.2) is 0 Å². The van der Waals surface area contributed by atoms with E-state index in [-0.39, 0.29) is 10.8 Å². The van der Waals surface area contributed by atoms with Crippen molar-refractivity contribution in [1.29, 1.82) is 0 Å². The average Bonchev–Trinajstić information content (AvgIpc) is 3.83. The average molecular weight is 547 g/mol. The molecule has 0 radical (unpaired) electrons. The van der Waals surface area contributed by atoms with Gasteiger partial charge in [0.2, 0.25) is 0 Å². The van der Waals surface area contributed by atoms with Gasteiger partial charge in [-0.3, -0.25) is 0 Å². The van der Waals surface area contributed by atoms with Crippen molar-refractivity contribution in [2.75, 3.05) is 0 Å². The summed E-state index contributed by atoms with van der Waals surface area (Å²) in [7, 11) is 0. The van der Waals surface area contributed by atoms with Crippen LogP contribution in [0.3, 0.4) is 0 Å². The molecule has 1 saturated carbocycles. The van der Waals surface area contributed by atoms with Gasteiger partial charge in [-0.05, 0) is 85.7 Å². The summed E-state index contributed by atoms with van der Waals surface area (Å²) in [5.74, 6) is 1.07. The first-order valence-corrected chi connectivity index (χ1v) is 15.9. The SMILES string of the molecule is C1=CCC2=C3C(=CC2=C1)C1=Cc2ccccc2C1C31C2C=CC=CC2=C2CC3(C=CC21)c1ccccc1-c1ccccc13. The molecule has 1 fully saturated rings. The first-order valence-electron chi connectivity index (χ1n) is 15.9. The molecule has 8 aliphatic rings. The summed E-state index contributed by atoms with van der Waals surface area (Å²) in [5.41, 5.74) is 19.4. The lowest BCUT2D eigenvalue weighted by molar-refractivity contribution is 0.237. The number of hydrogen-bond donors (Lipinski definition) is 0. The third-order valence-electron chi connectivity index (χ3n) is 12.1. The molecule has 43 heavy (non-hydrogen) atoms. The van der Waals surface area contributed by atoms with Crippen molar-refractivity contribution in [2.24, 2.45) is 17.3 Å². The zero-order valence-electron chi connectivity index (χ0n) is 23.9. The van der Waals surface area contributed by atoms with Gasteiger partial charge in [-0.1, -0.05) is 139 Å². The van der Waals surface area contributed by atoms with E-state index in [1.165, 1.54) is 44.5 Å². The molecule has 2 spiro atoms. The second kappa shape index (κ2) is 7.63. The Morgan fingerprint density at radius 3 is 2.37 bits per heavy atom. The van der Waals surface area contributed by atoms with Crippen molar-refractivity contribution in [2.45, 2.75) is 24.2 Å². The summed E-state index contributed by atoms with van der Waals surface area (Å²) >= 11 is 0. The van der Waals surface area contributed by atoms with Gasteiger partial charge < -0.3 is 0 Å². The molecule has 0 amide bonds. The first kappa shape index (κ1) is 22.9. The molecule has 0 bridgehead atoms. The Labute approximate surface area is 252 Å². The molecule has 0 saturated heterocycles. The summed E-state index contributed by atoms with van der Waals surface area (Å²) in [6, 6.07) is 27.6. The molecule has 3 aromatic carbocycles. The van der Waals surface area contributed by atoms with Crippen LogP contribution in [0.25, 0.3) is 17.2 Å². The maximum Gasteiger partial charge on any atom is 0.0431 e. The van der Waals surface area contributed by atoms with Crippen LogP contribution < -0.4 is 0 Å². The Kier molecular flexibility index (Phi) is 4.06. The Hall–Kier alpha value is -4.68. The largest absolute Gasteiger partial charge is 0.0801 e. The molecule has 3 aromatic rings. The minimum atomic E-state index is -0.118. The van der Waals surface area contributed by atoms with Crippen LogP contribution in [-0.2, 0) is 5.41 Å². The zero-order valence-corrected chi connectivity index (χ0v) is 23.9. The molecule has 0 aliphatic heterocycles. The Bertz CT molecular complexity index is 2100. The van der Waals surface area contributed by atoms with Gasteiger partial charge in [-0.2, -0.15) is 0 Å². The van der Waals surface area contributed by atoms with E-state index in [1.807, 2.05) is 0 Å². The fraction of sp³-hybridized carbons (Fsp3) is 0.163. The van der Waals surface area contributed by atoms with Gasteiger partial charge in [-0.25, -0.2) is 0 Å². The highest BCUT2D eigenvalue weighted by atomic mass is 14.7. The first-order chi connectivity index (χ1) is 21.3. The maximum absolute atomic E-state index is 2.68. The van der Waals surface area contributed by atoms with E-state index < -0.39 is 0 Å². The maximum atomic E-state index is 2.68. The normalized spacial score (nSPS) is 30.0. The minimum Gasteiger partial charge on any atom is -0.0801 e. The standard InChI is InChI=1S/C43H30/c1-3-13-28-26(11-1)23-33-34-24-27-12-2-4-14-29(27)41(34)43(40(28)33)38-20-10-7-17-32(38)35-25-42(22-21-39(35)43)36-18-8-5-15-30(36)31-16-6-9-19-37(31)42/h1-13,15-24,38-40H,14,25H2. The molecule has 0 N–H and O–H groups in total. The van der Waals surface area contributed by atoms with Crippen molar-refractivity contribution in [3.63, 3.8) is 0 Å². The molecule has 0 aromatic heterocycles. The lowest BCUT2D eigenvalue weighted by Crippen LogP contribution is -2.40. The molecule has 11 rings (SSSR count). The van der Waals surface area contributed by atoms with E-state index in [0.717, 1.165) is 12.8 Å². The molecular weight excluding hydrogens is 516 g/mol. The van der Waals surface area contributed by atoms with E-state index in [9.17, 15) is 0 Å². The van der Waals surface area contributed by atoms with Crippen LogP contribution in [0.2, 0.25) is 0 Å². The Morgan fingerprint density at radius 2 is 1.51 bits per heavy atom. The summed E-state index contributed by atoms with van der Waals surface area (Å²) in [4.78, 5) is 0. The fourth-order valence-electron chi connectivity index (χ4n) is 10.7. The monoisotopic (exact) mass is 546 g/mol. The van der Waals surface area contributed by atoms with Crippen molar-refractivity contribution < 1.29 is 0 Å². The lowest BCUT2D eigenvalue weighted by atomic mass is 9.56. The number of rotatable bonds is 0. The van der Waals surface area contributed by atoms with Gasteiger partial charge in [-0.15, -0.1) is 0 Å². The van der Waals surface area contributed by atoms with E-state index in [0.29, 0.717) is 17.8 Å². The predicted molar refractivity (Wildman–Crippen MR) is 175 cm³/mol. The summed E-state index contributed by atoms with van der Waals surface area (Å²) in [6.07, 6.45) is 29.1. The molecule has 4 unspecified atom stereocenters. The Morgan fingerprint density at radius 1 is 0.721 bits per heavy atom. The van der Waals surface area contributed by atoms with Gasteiger partial charge in [0, 0.05) is 28.6 Å². The van der Waals surface area contributed by atoms with Crippen LogP contribution in [-0.4, -0.2) is 0 Å². The van der Waals surface area contributed by atoms with Crippen LogP contribution in [0.4, 0.5) is 0 Å². The number of allylic oxidation sites excluding steroid dienone is 17. The van der Waals surface area contributed by atoms with E-state index in [4.69, 9.17) is 0 Å². The topological polar surface area (TPSA) is 0 Å². The van der Waals surface area contributed by atoms with Crippen molar-refractivity contribution in [3.8, 4) is 11.1 Å². The highest BCUT2D eigenvalue weighted by Crippen LogP contribution is 2.77. The highest BCUT2D eigenvalue weighted by Gasteiger charge is 2.67. The van der Waals surface area contributed by atoms with E-state index in [1.54, 1.807) is 27.9 Å². The molecule has 4 atom stereocenters. The van der Waals surface area contributed by atoms with E-state index >= 15 is 0 Å². The second-order valence-electron chi connectivity index (χ2n) is 13.5. The van der Waals surface area contributed by atoms with Crippen LogP contribution in [0, 0.1) is 17.3 Å². The molecule has 0 heterocycles. The number of hydrogen-bond acceptors (Lipinski definition) is 0. The predicted octanol–water partition coefficient (Wildman–Crippen LogP) is 9.89. The molecule has 202 valence electrons. The third-order valence-corrected chi connectivity index (χ3v) is 12.1. The van der Waals surface area contributed by atoms with Gasteiger partial charge >= 0.3 is 0 Å². The van der Waals surface area contributed by atoms with Crippen LogP contribution in [0.1, 0.15) is 41.0 Å². The van der Waals surface area contributed by atoms with E-state index in [2.05, 4.69) is 140 Å². The number of benzene rings is 3. The second-order valence-corrected chi connectivity index (χ2v) is 13.5. The molecule has 0 heteroatoms. The molecule has 8 aliphatic carbocycles. The zero-order chi connectivity index (χ0) is 27.9. The molecule has 0 nitrogen and oxygen atoms in total. The fourth-order valence-corrected chi connectivity index (χ4v) is 10.7. The van der Waals surface area contributed by atoms with Gasteiger partial charge in [0.25, 0.3) is 0 Å². The van der Waals surface area contributed by atoms with Crippen molar-refractivity contribution in [3.05, 3.63) is 195 Å². The molecular formula is C43H30.